The summed E-state index contributed by atoms with van der Waals surface area (Å²) in [6.45, 7) is 7.24. The van der Waals surface area contributed by atoms with E-state index in [2.05, 4.69) is 20.1 Å². The molecule has 27 heavy (non-hydrogen) atoms. The fourth-order valence-electron chi connectivity index (χ4n) is 3.78. The maximum atomic E-state index is 11.1. The number of quaternary nitrogens is 1. The van der Waals surface area contributed by atoms with E-state index in [-0.39, 0.29) is 17.9 Å². The van der Waals surface area contributed by atoms with E-state index >= 15 is 0 Å². The van der Waals surface area contributed by atoms with Crippen molar-refractivity contribution >= 4 is 11.4 Å². The molecule has 10 nitrogen and oxygen atoms in total. The van der Waals surface area contributed by atoms with Crippen LogP contribution < -0.4 is 10.2 Å². The highest BCUT2D eigenvalue weighted by Crippen LogP contribution is 2.29. The fraction of sp³-hybridized carbons (Fsp3) is 0.647. The van der Waals surface area contributed by atoms with Gasteiger partial charge in [0.15, 0.2) is 5.69 Å². The van der Waals surface area contributed by atoms with Crippen molar-refractivity contribution < 1.29 is 19.9 Å². The lowest BCUT2D eigenvalue weighted by molar-refractivity contribution is -0.991. The molecule has 1 aromatic rings. The second-order valence-corrected chi connectivity index (χ2v) is 6.94. The van der Waals surface area contributed by atoms with Gasteiger partial charge in [-0.05, 0) is 12.1 Å². The van der Waals surface area contributed by atoms with Gasteiger partial charge in [0.1, 0.15) is 12.2 Å². The quantitative estimate of drug-likeness (QED) is 0.675. The van der Waals surface area contributed by atoms with Gasteiger partial charge in [0.2, 0.25) is 0 Å². The summed E-state index contributed by atoms with van der Waals surface area (Å²) < 4.78 is 11.0. The molecule has 0 aromatic heterocycles. The third-order valence-corrected chi connectivity index (χ3v) is 5.24. The van der Waals surface area contributed by atoms with Crippen molar-refractivity contribution in [3.8, 4) is 0 Å². The zero-order valence-corrected chi connectivity index (χ0v) is 15.2. The molecule has 1 aromatic carbocycles. The van der Waals surface area contributed by atoms with Crippen molar-refractivity contribution in [1.82, 2.24) is 9.80 Å². The Morgan fingerprint density at radius 2 is 1.67 bits per heavy atom. The average Bonchev–Trinajstić information content (AvgIpc) is 3.13. The maximum absolute atomic E-state index is 11.1. The molecule has 148 valence electrons. The van der Waals surface area contributed by atoms with Gasteiger partial charge in [-0.2, -0.15) is 10.3 Å². The highest BCUT2D eigenvalue weighted by atomic mass is 16.8. The molecule has 2 saturated heterocycles. The Balaban J connectivity index is 1.53. The number of nitrogens with one attached hydrogen (secondary N) is 1. The standard InChI is InChI=1S/C17H26N6O4/c24-23(25)15-3-1-14(2-4-15)22-17(21-7-11-27-12-8-21)16(18-19-22)13-20-5-9-26-10-6-20/h1-4,16-17,23-24H,5-13H2. The number of morpholine rings is 2. The molecular formula is C17H26N6O4. The summed E-state index contributed by atoms with van der Waals surface area (Å²) in [6, 6.07) is 6.85. The molecule has 4 rings (SSSR count). The van der Waals surface area contributed by atoms with E-state index in [1.807, 2.05) is 5.01 Å². The number of nitrogens with zero attached hydrogens (tertiary/aromatic N) is 5. The first-order valence-corrected chi connectivity index (χ1v) is 9.37. The molecular weight excluding hydrogens is 352 g/mol. The summed E-state index contributed by atoms with van der Waals surface area (Å²) in [6.07, 6.45) is 0.00687. The van der Waals surface area contributed by atoms with Gasteiger partial charge < -0.3 is 14.7 Å². The van der Waals surface area contributed by atoms with Crippen LogP contribution in [0.15, 0.2) is 34.6 Å². The van der Waals surface area contributed by atoms with Crippen LogP contribution in [0.1, 0.15) is 0 Å². The first kappa shape index (κ1) is 18.7. The number of hydrogen-bond donors (Lipinski definition) is 2. The van der Waals surface area contributed by atoms with Gasteiger partial charge in [0.05, 0.1) is 32.1 Å². The Kier molecular flexibility index (Phi) is 5.93. The Morgan fingerprint density at radius 3 is 2.30 bits per heavy atom. The summed E-state index contributed by atoms with van der Waals surface area (Å²) in [5.74, 6) is 0. The lowest BCUT2D eigenvalue weighted by Gasteiger charge is -2.39. The summed E-state index contributed by atoms with van der Waals surface area (Å²) >= 11 is 0. The first-order chi connectivity index (χ1) is 13.2. The van der Waals surface area contributed by atoms with Gasteiger partial charge in [-0.1, -0.05) is 5.22 Å². The van der Waals surface area contributed by atoms with Crippen molar-refractivity contribution in [2.75, 3.05) is 64.2 Å². The lowest BCUT2D eigenvalue weighted by Crippen LogP contribution is -2.99. The second kappa shape index (κ2) is 8.57. The molecule has 10 heteroatoms. The first-order valence-electron chi connectivity index (χ1n) is 9.37. The minimum absolute atomic E-state index is 0.00687. The van der Waals surface area contributed by atoms with E-state index in [0.29, 0.717) is 13.2 Å². The van der Waals surface area contributed by atoms with Crippen LogP contribution in [0.5, 0.6) is 0 Å². The van der Waals surface area contributed by atoms with Crippen molar-refractivity contribution in [2.45, 2.75) is 12.2 Å². The fourth-order valence-corrected chi connectivity index (χ4v) is 3.78. The number of rotatable bonds is 5. The Labute approximate surface area is 158 Å². The van der Waals surface area contributed by atoms with Crippen LogP contribution in [0.25, 0.3) is 0 Å². The molecule has 0 amide bonds. The largest absolute Gasteiger partial charge is 0.595 e. The summed E-state index contributed by atoms with van der Waals surface area (Å²) in [5, 5.41) is 30.3. The van der Waals surface area contributed by atoms with Gasteiger partial charge in [0.25, 0.3) is 0 Å². The maximum Gasteiger partial charge on any atom is 0.163 e. The number of hydrogen-bond acceptors (Lipinski definition) is 9. The van der Waals surface area contributed by atoms with Crippen LogP contribution in [0.3, 0.4) is 0 Å². The van der Waals surface area contributed by atoms with Gasteiger partial charge in [-0.15, -0.1) is 0 Å². The molecule has 0 aliphatic carbocycles. The van der Waals surface area contributed by atoms with Crippen LogP contribution in [0.2, 0.25) is 0 Å². The molecule has 0 bridgehead atoms. The van der Waals surface area contributed by atoms with E-state index in [1.54, 1.807) is 24.3 Å². The predicted molar refractivity (Wildman–Crippen MR) is 96.8 cm³/mol. The minimum atomic E-state index is -0.931. The van der Waals surface area contributed by atoms with Crippen LogP contribution in [0, 0.1) is 5.21 Å². The number of anilines is 1. The van der Waals surface area contributed by atoms with Crippen LogP contribution in [-0.4, -0.2) is 86.4 Å². The lowest BCUT2D eigenvalue weighted by atomic mass is 10.1. The van der Waals surface area contributed by atoms with Crippen molar-refractivity contribution in [3.63, 3.8) is 0 Å². The number of benzene rings is 1. The number of ether oxygens (including phenoxy) is 2. The molecule has 3 heterocycles. The zero-order chi connectivity index (χ0) is 18.6. The van der Waals surface area contributed by atoms with E-state index in [4.69, 9.17) is 14.7 Å². The molecule has 3 aliphatic heterocycles. The van der Waals surface area contributed by atoms with Crippen LogP contribution >= 0.6 is 0 Å². The van der Waals surface area contributed by atoms with Gasteiger partial charge >= 0.3 is 0 Å². The molecule has 2 N–H and O–H groups in total. The average molecular weight is 378 g/mol. The monoisotopic (exact) mass is 378 g/mol. The van der Waals surface area contributed by atoms with Crippen LogP contribution in [-0.2, 0) is 9.47 Å². The highest BCUT2D eigenvalue weighted by molar-refractivity contribution is 5.51. The summed E-state index contributed by atoms with van der Waals surface area (Å²) in [7, 11) is 0. The molecule has 3 atom stereocenters. The van der Waals surface area contributed by atoms with Crippen molar-refractivity contribution in [3.05, 3.63) is 29.5 Å². The van der Waals surface area contributed by atoms with Crippen molar-refractivity contribution in [2.24, 2.45) is 10.3 Å². The van der Waals surface area contributed by atoms with E-state index < -0.39 is 5.23 Å². The van der Waals surface area contributed by atoms with Gasteiger partial charge in [0, 0.05) is 44.9 Å². The Hall–Kier alpha value is -1.66. The highest BCUT2D eigenvalue weighted by Gasteiger charge is 2.39. The molecule has 3 unspecified atom stereocenters. The predicted octanol–water partition coefficient (Wildman–Crippen LogP) is -0.364. The SMILES string of the molecule is [O-][NH+](O)c1ccc(N2N=NC(CN3CCOCC3)C2N2CCOCC2)cc1. The van der Waals surface area contributed by atoms with E-state index in [9.17, 15) is 5.21 Å². The zero-order valence-electron chi connectivity index (χ0n) is 15.2. The molecule has 0 spiro atoms. The van der Waals surface area contributed by atoms with Crippen molar-refractivity contribution in [1.29, 1.82) is 0 Å². The smallest absolute Gasteiger partial charge is 0.163 e. The molecule has 3 aliphatic rings. The second-order valence-electron chi connectivity index (χ2n) is 6.94. The topological polar surface area (TPSA) is 101 Å². The summed E-state index contributed by atoms with van der Waals surface area (Å²) in [4.78, 5) is 4.73. The third kappa shape index (κ3) is 4.27. The van der Waals surface area contributed by atoms with E-state index in [0.717, 1.165) is 51.6 Å². The van der Waals surface area contributed by atoms with Gasteiger partial charge in [-0.3, -0.25) is 9.80 Å². The normalized spacial score (nSPS) is 28.6. The van der Waals surface area contributed by atoms with Gasteiger partial charge in [-0.25, -0.2) is 10.2 Å². The Bertz CT molecular complexity index is 631. The molecule has 0 saturated carbocycles. The minimum Gasteiger partial charge on any atom is -0.595 e. The molecule has 2 fully saturated rings. The third-order valence-electron chi connectivity index (χ3n) is 5.24. The summed E-state index contributed by atoms with van der Waals surface area (Å²) in [5.41, 5.74) is 1.12. The van der Waals surface area contributed by atoms with Crippen LogP contribution in [0.4, 0.5) is 11.4 Å². The Morgan fingerprint density at radius 1 is 1.04 bits per heavy atom. The van der Waals surface area contributed by atoms with E-state index in [1.165, 1.54) is 0 Å². The molecule has 0 radical (unpaired) electrons.